The molecule has 0 fully saturated rings. The number of rotatable bonds is 7. The van der Waals surface area contributed by atoms with Crippen LogP contribution in [0.1, 0.15) is 12.5 Å². The first kappa shape index (κ1) is 15.8. The molecule has 0 aromatic heterocycles. The van der Waals surface area contributed by atoms with Gasteiger partial charge in [-0.3, -0.25) is 9.59 Å². The van der Waals surface area contributed by atoms with Gasteiger partial charge < -0.3 is 20.1 Å². The van der Waals surface area contributed by atoms with Gasteiger partial charge in [0.05, 0.1) is 13.7 Å². The summed E-state index contributed by atoms with van der Waals surface area (Å²) in [5.74, 6) is 0.473. The maximum absolute atomic E-state index is 11.5. The van der Waals surface area contributed by atoms with Crippen molar-refractivity contribution in [3.63, 3.8) is 0 Å². The first-order chi connectivity index (χ1) is 9.56. The Morgan fingerprint density at radius 1 is 1.15 bits per heavy atom. The Hall–Kier alpha value is -2.24. The van der Waals surface area contributed by atoms with Crippen LogP contribution in [0.4, 0.5) is 0 Å². The van der Waals surface area contributed by atoms with Crippen LogP contribution in [-0.4, -0.2) is 38.6 Å². The molecular formula is C14H20N2O4. The lowest BCUT2D eigenvalue weighted by Gasteiger charge is -2.11. The SMILES string of the molecule is CCNC(=O)CNC(=O)COc1ccc(C)cc1OC. The van der Waals surface area contributed by atoms with Gasteiger partial charge in [0.2, 0.25) is 5.91 Å². The van der Waals surface area contributed by atoms with Gasteiger partial charge in [-0.2, -0.15) is 0 Å². The number of methoxy groups -OCH3 is 1. The monoisotopic (exact) mass is 280 g/mol. The van der Waals surface area contributed by atoms with E-state index in [1.807, 2.05) is 26.0 Å². The minimum Gasteiger partial charge on any atom is -0.493 e. The Balaban J connectivity index is 2.43. The molecule has 1 rings (SSSR count). The molecule has 110 valence electrons. The van der Waals surface area contributed by atoms with E-state index >= 15 is 0 Å². The molecule has 1 aromatic carbocycles. The van der Waals surface area contributed by atoms with E-state index in [1.54, 1.807) is 6.07 Å². The van der Waals surface area contributed by atoms with Gasteiger partial charge in [0.15, 0.2) is 18.1 Å². The summed E-state index contributed by atoms with van der Waals surface area (Å²) >= 11 is 0. The second-order valence-electron chi connectivity index (χ2n) is 4.17. The topological polar surface area (TPSA) is 76.7 Å². The zero-order valence-electron chi connectivity index (χ0n) is 12.0. The predicted octanol–water partition coefficient (Wildman–Crippen LogP) is 0.635. The van der Waals surface area contributed by atoms with Crippen LogP contribution < -0.4 is 20.1 Å². The third kappa shape index (κ3) is 5.17. The Kier molecular flexibility index (Phi) is 6.36. The van der Waals surface area contributed by atoms with Crippen molar-refractivity contribution in [3.05, 3.63) is 23.8 Å². The third-order valence-corrected chi connectivity index (χ3v) is 2.50. The standard InChI is InChI=1S/C14H20N2O4/c1-4-15-13(17)8-16-14(18)9-20-11-6-5-10(2)7-12(11)19-3/h5-7H,4,8-9H2,1-3H3,(H,15,17)(H,16,18). The highest BCUT2D eigenvalue weighted by atomic mass is 16.5. The highest BCUT2D eigenvalue weighted by Crippen LogP contribution is 2.27. The second-order valence-corrected chi connectivity index (χ2v) is 4.17. The van der Waals surface area contributed by atoms with Gasteiger partial charge in [-0.15, -0.1) is 0 Å². The molecule has 0 radical (unpaired) electrons. The molecule has 0 atom stereocenters. The highest BCUT2D eigenvalue weighted by molar-refractivity contribution is 5.85. The Morgan fingerprint density at radius 3 is 2.55 bits per heavy atom. The molecule has 0 spiro atoms. The third-order valence-electron chi connectivity index (χ3n) is 2.50. The fourth-order valence-electron chi connectivity index (χ4n) is 1.53. The molecule has 0 aliphatic rings. The van der Waals surface area contributed by atoms with E-state index in [4.69, 9.17) is 9.47 Å². The van der Waals surface area contributed by atoms with Crippen molar-refractivity contribution < 1.29 is 19.1 Å². The smallest absolute Gasteiger partial charge is 0.258 e. The number of carbonyl (C=O) groups excluding carboxylic acids is 2. The molecule has 20 heavy (non-hydrogen) atoms. The molecular weight excluding hydrogens is 260 g/mol. The maximum Gasteiger partial charge on any atom is 0.258 e. The molecule has 6 nitrogen and oxygen atoms in total. The van der Waals surface area contributed by atoms with Crippen molar-refractivity contribution in [2.45, 2.75) is 13.8 Å². The number of nitrogens with one attached hydrogen (secondary N) is 2. The molecule has 0 bridgehead atoms. The van der Waals surface area contributed by atoms with Gasteiger partial charge in [-0.25, -0.2) is 0 Å². The van der Waals surface area contributed by atoms with Crippen LogP contribution in [0.15, 0.2) is 18.2 Å². The number of hydrogen-bond acceptors (Lipinski definition) is 4. The summed E-state index contributed by atoms with van der Waals surface area (Å²) in [5.41, 5.74) is 1.04. The van der Waals surface area contributed by atoms with Crippen LogP contribution in [0.5, 0.6) is 11.5 Å². The zero-order valence-corrected chi connectivity index (χ0v) is 12.0. The fraction of sp³-hybridized carbons (Fsp3) is 0.429. The van der Waals surface area contributed by atoms with Gasteiger partial charge in [0, 0.05) is 6.54 Å². The molecule has 0 aliphatic heterocycles. The highest BCUT2D eigenvalue weighted by Gasteiger charge is 2.08. The number of hydrogen-bond donors (Lipinski definition) is 2. The van der Waals surface area contributed by atoms with Crippen molar-refractivity contribution in [2.75, 3.05) is 26.8 Å². The lowest BCUT2D eigenvalue weighted by molar-refractivity contribution is -0.127. The lowest BCUT2D eigenvalue weighted by Crippen LogP contribution is -2.38. The first-order valence-corrected chi connectivity index (χ1v) is 6.37. The average molecular weight is 280 g/mol. The van der Waals surface area contributed by atoms with Crippen LogP contribution >= 0.6 is 0 Å². The first-order valence-electron chi connectivity index (χ1n) is 6.37. The molecule has 0 saturated carbocycles. The molecule has 0 unspecified atom stereocenters. The fourth-order valence-corrected chi connectivity index (χ4v) is 1.53. The number of ether oxygens (including phenoxy) is 2. The largest absolute Gasteiger partial charge is 0.493 e. The quantitative estimate of drug-likeness (QED) is 0.768. The second kappa shape index (κ2) is 8.04. The van der Waals surface area contributed by atoms with E-state index in [0.717, 1.165) is 5.56 Å². The minimum absolute atomic E-state index is 0.0545. The zero-order chi connectivity index (χ0) is 15.0. The van der Waals surface area contributed by atoms with Crippen LogP contribution in [-0.2, 0) is 9.59 Å². The number of aryl methyl sites for hydroxylation is 1. The molecule has 2 amide bonds. The summed E-state index contributed by atoms with van der Waals surface area (Å²) in [5, 5.41) is 5.05. The van der Waals surface area contributed by atoms with E-state index in [-0.39, 0.29) is 25.0 Å². The van der Waals surface area contributed by atoms with Crippen molar-refractivity contribution in [2.24, 2.45) is 0 Å². The molecule has 2 N–H and O–H groups in total. The minimum atomic E-state index is -0.362. The Bertz CT molecular complexity index is 474. The van der Waals surface area contributed by atoms with Crippen LogP contribution in [0.3, 0.4) is 0 Å². The molecule has 1 aromatic rings. The number of benzene rings is 1. The molecule has 0 saturated heterocycles. The van der Waals surface area contributed by atoms with Gasteiger partial charge in [0.25, 0.3) is 5.91 Å². The van der Waals surface area contributed by atoms with Crippen molar-refractivity contribution in [3.8, 4) is 11.5 Å². The van der Waals surface area contributed by atoms with Gasteiger partial charge in [-0.05, 0) is 31.5 Å². The summed E-state index contributed by atoms with van der Waals surface area (Å²) in [6.07, 6.45) is 0. The van der Waals surface area contributed by atoms with Crippen LogP contribution in [0.25, 0.3) is 0 Å². The van der Waals surface area contributed by atoms with Crippen molar-refractivity contribution in [1.29, 1.82) is 0 Å². The van der Waals surface area contributed by atoms with Gasteiger partial charge >= 0.3 is 0 Å². The molecule has 0 aliphatic carbocycles. The van der Waals surface area contributed by atoms with E-state index in [9.17, 15) is 9.59 Å². The molecule has 6 heteroatoms. The lowest BCUT2D eigenvalue weighted by atomic mass is 10.2. The average Bonchev–Trinajstić information content (AvgIpc) is 2.44. The summed E-state index contributed by atoms with van der Waals surface area (Å²) in [6, 6.07) is 5.43. The predicted molar refractivity (Wildman–Crippen MR) is 74.9 cm³/mol. The summed E-state index contributed by atoms with van der Waals surface area (Å²) in [6.45, 7) is 4.06. The number of carbonyl (C=O) groups is 2. The summed E-state index contributed by atoms with van der Waals surface area (Å²) in [4.78, 5) is 22.7. The van der Waals surface area contributed by atoms with E-state index in [2.05, 4.69) is 10.6 Å². The summed E-state index contributed by atoms with van der Waals surface area (Å²) < 4.78 is 10.5. The van der Waals surface area contributed by atoms with E-state index in [0.29, 0.717) is 18.0 Å². The van der Waals surface area contributed by atoms with Crippen molar-refractivity contribution >= 4 is 11.8 Å². The maximum atomic E-state index is 11.5. The van der Waals surface area contributed by atoms with E-state index < -0.39 is 0 Å². The number of amides is 2. The van der Waals surface area contributed by atoms with Crippen LogP contribution in [0, 0.1) is 6.92 Å². The van der Waals surface area contributed by atoms with Gasteiger partial charge in [-0.1, -0.05) is 6.07 Å². The van der Waals surface area contributed by atoms with E-state index in [1.165, 1.54) is 7.11 Å². The Morgan fingerprint density at radius 2 is 1.90 bits per heavy atom. The summed E-state index contributed by atoms with van der Waals surface area (Å²) in [7, 11) is 1.54. The molecule has 0 heterocycles. The normalized spacial score (nSPS) is 9.75. The van der Waals surface area contributed by atoms with Crippen molar-refractivity contribution in [1.82, 2.24) is 10.6 Å². The number of likely N-dealkylation sites (N-methyl/N-ethyl adjacent to an activating group) is 1. The van der Waals surface area contributed by atoms with Crippen LogP contribution in [0.2, 0.25) is 0 Å². The Labute approximate surface area is 118 Å². The van der Waals surface area contributed by atoms with Gasteiger partial charge in [0.1, 0.15) is 0 Å².